The zero-order chi connectivity index (χ0) is 15.2. The molecule has 7 heteroatoms. The summed E-state index contributed by atoms with van der Waals surface area (Å²) in [5.74, 6) is 1.29. The lowest BCUT2D eigenvalue weighted by atomic mass is 10.1. The number of hydrogen-bond donors (Lipinski definition) is 1. The van der Waals surface area contributed by atoms with E-state index in [0.29, 0.717) is 30.6 Å². The van der Waals surface area contributed by atoms with Crippen molar-refractivity contribution in [2.24, 2.45) is 0 Å². The van der Waals surface area contributed by atoms with E-state index < -0.39 is 0 Å². The fourth-order valence-electron chi connectivity index (χ4n) is 2.49. The summed E-state index contributed by atoms with van der Waals surface area (Å²) < 4.78 is 5.46. The Morgan fingerprint density at radius 3 is 2.67 bits per heavy atom. The molecule has 1 aliphatic rings. The highest BCUT2D eigenvalue weighted by atomic mass is 16.5. The van der Waals surface area contributed by atoms with Crippen molar-refractivity contribution in [2.45, 2.75) is 33.2 Å². The van der Waals surface area contributed by atoms with Crippen LogP contribution in [0.5, 0.6) is 6.01 Å². The molecule has 1 fully saturated rings. The van der Waals surface area contributed by atoms with Crippen LogP contribution >= 0.6 is 0 Å². The van der Waals surface area contributed by atoms with Crippen LogP contribution < -0.4 is 15.0 Å². The van der Waals surface area contributed by atoms with Gasteiger partial charge in [0.25, 0.3) is 0 Å². The lowest BCUT2D eigenvalue weighted by molar-refractivity contribution is 0.212. The van der Waals surface area contributed by atoms with Gasteiger partial charge in [0.15, 0.2) is 0 Å². The van der Waals surface area contributed by atoms with E-state index in [2.05, 4.69) is 44.0 Å². The molecule has 1 N–H and O–H groups in total. The van der Waals surface area contributed by atoms with Crippen LogP contribution in [0.3, 0.4) is 0 Å². The van der Waals surface area contributed by atoms with Crippen molar-refractivity contribution >= 4 is 11.9 Å². The van der Waals surface area contributed by atoms with Gasteiger partial charge in [-0.05, 0) is 27.3 Å². The van der Waals surface area contributed by atoms with Crippen LogP contribution in [0.2, 0.25) is 0 Å². The molecule has 21 heavy (non-hydrogen) atoms. The first-order valence-electron chi connectivity index (χ1n) is 7.75. The molecular formula is C14H26N6O. The lowest BCUT2D eigenvalue weighted by Crippen LogP contribution is -2.51. The number of nitrogens with one attached hydrogen (secondary N) is 1. The molecule has 1 saturated heterocycles. The van der Waals surface area contributed by atoms with E-state index >= 15 is 0 Å². The molecular weight excluding hydrogens is 268 g/mol. The highest BCUT2D eigenvalue weighted by molar-refractivity contribution is 5.39. The molecule has 7 nitrogen and oxygen atoms in total. The zero-order valence-corrected chi connectivity index (χ0v) is 13.5. The van der Waals surface area contributed by atoms with Crippen LogP contribution in [0.15, 0.2) is 0 Å². The second-order valence-electron chi connectivity index (χ2n) is 5.19. The molecule has 1 aromatic heterocycles. The predicted molar refractivity (Wildman–Crippen MR) is 84.1 cm³/mol. The standard InChI is InChI=1S/C14H26N6O/c1-5-11-10-20(9-8-19(11)4)13-16-12(15-6-2)17-14(18-13)21-7-3/h11H,5-10H2,1-4H3,(H,15,16,17,18). The van der Waals surface area contributed by atoms with Crippen LogP contribution in [-0.2, 0) is 0 Å². The van der Waals surface area contributed by atoms with Gasteiger partial charge in [0.1, 0.15) is 0 Å². The van der Waals surface area contributed by atoms with Crippen molar-refractivity contribution in [3.05, 3.63) is 0 Å². The van der Waals surface area contributed by atoms with E-state index in [1.807, 2.05) is 13.8 Å². The van der Waals surface area contributed by atoms with Gasteiger partial charge in [0, 0.05) is 32.2 Å². The van der Waals surface area contributed by atoms with E-state index in [9.17, 15) is 0 Å². The summed E-state index contributed by atoms with van der Waals surface area (Å²) >= 11 is 0. The average Bonchev–Trinajstić information content (AvgIpc) is 2.48. The topological polar surface area (TPSA) is 66.4 Å². The first-order chi connectivity index (χ1) is 10.2. The summed E-state index contributed by atoms with van der Waals surface area (Å²) in [4.78, 5) is 17.8. The Balaban J connectivity index is 2.20. The summed E-state index contributed by atoms with van der Waals surface area (Å²) in [6.07, 6.45) is 1.12. The minimum atomic E-state index is 0.394. The number of ether oxygens (including phenoxy) is 1. The molecule has 1 unspecified atom stereocenters. The van der Waals surface area contributed by atoms with Crippen molar-refractivity contribution in [1.29, 1.82) is 0 Å². The second-order valence-corrected chi connectivity index (χ2v) is 5.19. The molecule has 0 bridgehead atoms. The number of hydrogen-bond acceptors (Lipinski definition) is 7. The zero-order valence-electron chi connectivity index (χ0n) is 13.5. The van der Waals surface area contributed by atoms with Gasteiger partial charge in [-0.3, -0.25) is 4.90 Å². The molecule has 0 aliphatic carbocycles. The van der Waals surface area contributed by atoms with Gasteiger partial charge in [-0.15, -0.1) is 0 Å². The van der Waals surface area contributed by atoms with E-state index in [4.69, 9.17) is 4.74 Å². The molecule has 0 aromatic carbocycles. The van der Waals surface area contributed by atoms with Crippen molar-refractivity contribution < 1.29 is 4.74 Å². The van der Waals surface area contributed by atoms with Gasteiger partial charge >= 0.3 is 6.01 Å². The largest absolute Gasteiger partial charge is 0.464 e. The Morgan fingerprint density at radius 2 is 2.00 bits per heavy atom. The van der Waals surface area contributed by atoms with Crippen LogP contribution in [0.1, 0.15) is 27.2 Å². The smallest absolute Gasteiger partial charge is 0.323 e. The van der Waals surface area contributed by atoms with E-state index in [0.717, 1.165) is 32.6 Å². The van der Waals surface area contributed by atoms with Crippen molar-refractivity contribution in [1.82, 2.24) is 19.9 Å². The van der Waals surface area contributed by atoms with Gasteiger partial charge in [0.05, 0.1) is 6.61 Å². The third-order valence-electron chi connectivity index (χ3n) is 3.74. The highest BCUT2D eigenvalue weighted by Gasteiger charge is 2.25. The summed E-state index contributed by atoms with van der Waals surface area (Å²) in [6, 6.07) is 0.930. The fraction of sp³-hybridized carbons (Fsp3) is 0.786. The Hall–Kier alpha value is -1.63. The molecule has 1 atom stereocenters. The summed E-state index contributed by atoms with van der Waals surface area (Å²) in [6.45, 7) is 10.4. The SMILES string of the molecule is CCNc1nc(OCC)nc(N2CCN(C)C(CC)C2)n1. The van der Waals surface area contributed by atoms with Gasteiger partial charge < -0.3 is 15.0 Å². The Kier molecular flexibility index (Phi) is 5.55. The summed E-state index contributed by atoms with van der Waals surface area (Å²) in [5.41, 5.74) is 0. The second kappa shape index (κ2) is 7.40. The number of nitrogens with zero attached hydrogens (tertiary/aromatic N) is 5. The maximum Gasteiger partial charge on any atom is 0.323 e. The monoisotopic (exact) mass is 294 g/mol. The minimum absolute atomic E-state index is 0.394. The number of likely N-dealkylation sites (N-methyl/N-ethyl adjacent to an activating group) is 1. The lowest BCUT2D eigenvalue weighted by Gasteiger charge is -2.39. The molecule has 0 saturated carbocycles. The third kappa shape index (κ3) is 3.93. The molecule has 2 heterocycles. The first kappa shape index (κ1) is 15.8. The number of aromatic nitrogens is 3. The summed E-state index contributed by atoms with van der Waals surface area (Å²) in [7, 11) is 2.18. The van der Waals surface area contributed by atoms with Crippen molar-refractivity contribution in [3.8, 4) is 6.01 Å². The fourth-order valence-corrected chi connectivity index (χ4v) is 2.49. The van der Waals surface area contributed by atoms with Crippen LogP contribution in [-0.4, -0.2) is 65.7 Å². The first-order valence-corrected chi connectivity index (χ1v) is 7.75. The molecule has 118 valence electrons. The Labute approximate surface area is 126 Å². The molecule has 2 rings (SSSR count). The van der Waals surface area contributed by atoms with Gasteiger partial charge in [0.2, 0.25) is 11.9 Å². The quantitative estimate of drug-likeness (QED) is 0.846. The maximum atomic E-state index is 5.46. The van der Waals surface area contributed by atoms with E-state index in [1.54, 1.807) is 0 Å². The van der Waals surface area contributed by atoms with E-state index in [1.165, 1.54) is 0 Å². The van der Waals surface area contributed by atoms with Crippen molar-refractivity contribution in [3.63, 3.8) is 0 Å². The van der Waals surface area contributed by atoms with Crippen LogP contribution in [0.4, 0.5) is 11.9 Å². The maximum absolute atomic E-state index is 5.46. The highest BCUT2D eigenvalue weighted by Crippen LogP contribution is 2.19. The minimum Gasteiger partial charge on any atom is -0.464 e. The van der Waals surface area contributed by atoms with E-state index in [-0.39, 0.29) is 0 Å². The molecule has 0 spiro atoms. The van der Waals surface area contributed by atoms with Gasteiger partial charge in [-0.1, -0.05) is 6.92 Å². The average molecular weight is 294 g/mol. The number of rotatable bonds is 6. The number of piperazine rings is 1. The normalized spacial score (nSPS) is 19.6. The Morgan fingerprint density at radius 1 is 1.19 bits per heavy atom. The number of anilines is 2. The third-order valence-corrected chi connectivity index (χ3v) is 3.74. The van der Waals surface area contributed by atoms with Gasteiger partial charge in [-0.2, -0.15) is 15.0 Å². The predicted octanol–water partition coefficient (Wildman–Crippen LogP) is 1.23. The van der Waals surface area contributed by atoms with Crippen LogP contribution in [0.25, 0.3) is 0 Å². The summed E-state index contributed by atoms with van der Waals surface area (Å²) in [5, 5.41) is 3.14. The molecule has 0 radical (unpaired) electrons. The molecule has 1 aromatic rings. The Bertz CT molecular complexity index is 431. The van der Waals surface area contributed by atoms with Gasteiger partial charge in [-0.25, -0.2) is 0 Å². The van der Waals surface area contributed by atoms with Crippen molar-refractivity contribution in [2.75, 3.05) is 50.1 Å². The van der Waals surface area contributed by atoms with Crippen LogP contribution in [0, 0.1) is 0 Å². The molecule has 0 amide bonds. The molecule has 1 aliphatic heterocycles.